The van der Waals surface area contributed by atoms with Gasteiger partial charge in [-0.2, -0.15) is 9.97 Å². The first-order chi connectivity index (χ1) is 9.94. The van der Waals surface area contributed by atoms with E-state index in [1.807, 2.05) is 0 Å². The Bertz CT molecular complexity index is 446. The van der Waals surface area contributed by atoms with Crippen molar-refractivity contribution in [2.75, 3.05) is 14.2 Å². The Morgan fingerprint density at radius 3 is 2.19 bits per heavy atom. The third-order valence-electron chi connectivity index (χ3n) is 2.59. The molecule has 7 heteroatoms. The summed E-state index contributed by atoms with van der Waals surface area (Å²) in [5, 5.41) is 0.459. The molecule has 0 aliphatic rings. The minimum atomic E-state index is -0.318. The monoisotopic (exact) mass is 314 g/mol. The number of thioether (sulfide) groups is 1. The number of hydrogen-bond acceptors (Lipinski definition) is 7. The summed E-state index contributed by atoms with van der Waals surface area (Å²) >= 11 is 1.29. The van der Waals surface area contributed by atoms with Gasteiger partial charge in [-0.25, -0.2) is 0 Å². The van der Waals surface area contributed by atoms with E-state index in [9.17, 15) is 4.79 Å². The van der Waals surface area contributed by atoms with E-state index in [0.717, 1.165) is 12.8 Å². The summed E-state index contributed by atoms with van der Waals surface area (Å²) in [5.74, 6) is 1.04. The third kappa shape index (κ3) is 6.66. The molecule has 0 bridgehead atoms. The third-order valence-corrected chi connectivity index (χ3v) is 3.58. The molecule has 0 amide bonds. The van der Waals surface area contributed by atoms with Crippen LogP contribution in [0.4, 0.5) is 0 Å². The summed E-state index contributed by atoms with van der Waals surface area (Å²) in [6.45, 7) is 5.65. The van der Waals surface area contributed by atoms with Gasteiger partial charge in [0.2, 0.25) is 11.8 Å². The van der Waals surface area contributed by atoms with Crippen LogP contribution in [0.5, 0.6) is 11.8 Å². The molecule has 0 radical (unpaired) electrons. The highest BCUT2D eigenvalue weighted by atomic mass is 32.2. The molecule has 1 unspecified atom stereocenters. The van der Waals surface area contributed by atoms with Gasteiger partial charge in [0, 0.05) is 6.92 Å². The minimum absolute atomic E-state index is 0.314. The van der Waals surface area contributed by atoms with E-state index in [2.05, 4.69) is 23.8 Å². The molecule has 1 rings (SSSR count). The van der Waals surface area contributed by atoms with Gasteiger partial charge < -0.3 is 14.2 Å². The van der Waals surface area contributed by atoms with Crippen LogP contribution in [0.25, 0.3) is 0 Å². The van der Waals surface area contributed by atoms with Gasteiger partial charge in [-0.1, -0.05) is 13.8 Å². The van der Waals surface area contributed by atoms with E-state index in [0.29, 0.717) is 22.8 Å². The fourth-order valence-corrected chi connectivity index (χ4v) is 2.52. The fourth-order valence-electron chi connectivity index (χ4n) is 1.56. The maximum atomic E-state index is 11.2. The van der Waals surface area contributed by atoms with Gasteiger partial charge in [0.25, 0.3) is 0 Å². The highest BCUT2D eigenvalue weighted by molar-refractivity contribution is 7.99. The lowest BCUT2D eigenvalue weighted by atomic mass is 10.1. The molecular weight excluding hydrogens is 292 g/mol. The Morgan fingerprint density at radius 2 is 1.76 bits per heavy atom. The number of rotatable bonds is 8. The molecule has 1 aromatic rings. The Balaban J connectivity index is 2.83. The first-order valence-electron chi connectivity index (χ1n) is 6.75. The summed E-state index contributed by atoms with van der Waals surface area (Å²) < 4.78 is 15.5. The molecule has 0 N–H and O–H groups in total. The van der Waals surface area contributed by atoms with Crippen LogP contribution in [0.15, 0.2) is 11.2 Å². The van der Waals surface area contributed by atoms with Crippen molar-refractivity contribution in [2.24, 2.45) is 5.92 Å². The van der Waals surface area contributed by atoms with Gasteiger partial charge in [0.15, 0.2) is 10.6 Å². The van der Waals surface area contributed by atoms with Crippen molar-refractivity contribution in [1.29, 1.82) is 0 Å². The summed E-state index contributed by atoms with van der Waals surface area (Å²) in [4.78, 5) is 19.7. The zero-order chi connectivity index (χ0) is 15.8. The molecule has 1 atom stereocenters. The van der Waals surface area contributed by atoms with E-state index in [4.69, 9.17) is 14.2 Å². The van der Waals surface area contributed by atoms with E-state index in [1.54, 1.807) is 6.07 Å². The molecule has 0 aliphatic carbocycles. The Labute approximate surface area is 129 Å². The molecule has 1 heterocycles. The van der Waals surface area contributed by atoms with Crippen molar-refractivity contribution in [3.63, 3.8) is 0 Å². The van der Waals surface area contributed by atoms with Crippen LogP contribution in [0.1, 0.15) is 33.6 Å². The predicted octanol–water partition coefficient (Wildman–Crippen LogP) is 2.91. The summed E-state index contributed by atoms with van der Waals surface area (Å²) in [5.41, 5.74) is -0.318. The smallest absolute Gasteiger partial charge is 0.303 e. The molecule has 6 nitrogen and oxygen atoms in total. The number of aromatic nitrogens is 2. The lowest BCUT2D eigenvalue weighted by molar-refractivity contribution is -0.142. The molecule has 0 spiro atoms. The van der Waals surface area contributed by atoms with Crippen LogP contribution in [-0.4, -0.2) is 35.6 Å². The number of esters is 1. The van der Waals surface area contributed by atoms with Crippen LogP contribution in [0.3, 0.4) is 0 Å². The second kappa shape index (κ2) is 8.71. The van der Waals surface area contributed by atoms with Gasteiger partial charge in [-0.3, -0.25) is 4.79 Å². The molecule has 1 aromatic heterocycles. The van der Waals surface area contributed by atoms with E-state index in [-0.39, 0.29) is 11.4 Å². The van der Waals surface area contributed by atoms with Crippen LogP contribution < -0.4 is 9.47 Å². The zero-order valence-corrected chi connectivity index (χ0v) is 13.9. The first-order valence-corrected chi connectivity index (χ1v) is 7.63. The Hall–Kier alpha value is -1.50. The molecular formula is C14H22N2O4S. The van der Waals surface area contributed by atoms with Crippen molar-refractivity contribution in [3.8, 4) is 11.8 Å². The van der Waals surface area contributed by atoms with E-state index >= 15 is 0 Å². The molecule has 21 heavy (non-hydrogen) atoms. The average Bonchev–Trinajstić information content (AvgIpc) is 2.43. The highest BCUT2D eigenvalue weighted by Crippen LogP contribution is 2.29. The second-order valence-corrected chi connectivity index (χ2v) is 5.99. The van der Waals surface area contributed by atoms with Gasteiger partial charge >= 0.3 is 5.97 Å². The van der Waals surface area contributed by atoms with Crippen molar-refractivity contribution in [1.82, 2.24) is 9.97 Å². The van der Waals surface area contributed by atoms with Gasteiger partial charge in [-0.05, 0) is 30.5 Å². The molecule has 0 saturated heterocycles. The number of carbonyl (C=O) groups excluding carboxylic acids is 1. The van der Waals surface area contributed by atoms with Crippen LogP contribution in [-0.2, 0) is 9.53 Å². The highest BCUT2D eigenvalue weighted by Gasteiger charge is 2.17. The standard InChI is InChI=1S/C14H22N2O4S/c1-9(2)6-7-13(20-10(3)17)21-14-15-11(18-4)8-12(16-14)19-5/h8-9,13H,6-7H2,1-5H3. The molecule has 0 saturated carbocycles. The number of ether oxygens (including phenoxy) is 3. The molecule has 0 aromatic carbocycles. The summed E-state index contributed by atoms with van der Waals surface area (Å²) in [6, 6.07) is 1.60. The van der Waals surface area contributed by atoms with Crippen molar-refractivity contribution in [2.45, 2.75) is 44.2 Å². The topological polar surface area (TPSA) is 70.5 Å². The minimum Gasteiger partial charge on any atom is -0.481 e. The average molecular weight is 314 g/mol. The van der Waals surface area contributed by atoms with Crippen molar-refractivity contribution >= 4 is 17.7 Å². The molecule has 0 aliphatic heterocycles. The van der Waals surface area contributed by atoms with Crippen LogP contribution >= 0.6 is 11.8 Å². The zero-order valence-electron chi connectivity index (χ0n) is 13.1. The quantitative estimate of drug-likeness (QED) is 0.316. The number of nitrogens with zero attached hydrogens (tertiary/aromatic N) is 2. The number of hydrogen-bond donors (Lipinski definition) is 0. The maximum absolute atomic E-state index is 11.2. The first kappa shape index (κ1) is 17.6. The summed E-state index contributed by atoms with van der Waals surface area (Å²) in [7, 11) is 3.05. The normalized spacial score (nSPS) is 12.1. The van der Waals surface area contributed by atoms with Crippen LogP contribution in [0, 0.1) is 5.92 Å². The predicted molar refractivity (Wildman–Crippen MR) is 80.6 cm³/mol. The molecule has 0 fully saturated rings. The van der Waals surface area contributed by atoms with Gasteiger partial charge in [-0.15, -0.1) is 0 Å². The SMILES string of the molecule is COc1cc(OC)nc(SC(CCC(C)C)OC(C)=O)n1. The Kier molecular flexibility index (Phi) is 7.28. The Morgan fingerprint density at radius 1 is 1.19 bits per heavy atom. The summed E-state index contributed by atoms with van der Waals surface area (Å²) in [6.07, 6.45) is 1.69. The van der Waals surface area contributed by atoms with Crippen molar-refractivity contribution < 1.29 is 19.0 Å². The van der Waals surface area contributed by atoms with Crippen LogP contribution in [0.2, 0.25) is 0 Å². The fraction of sp³-hybridized carbons (Fsp3) is 0.643. The van der Waals surface area contributed by atoms with Gasteiger partial charge in [0.1, 0.15) is 0 Å². The molecule has 118 valence electrons. The van der Waals surface area contributed by atoms with E-state index in [1.165, 1.54) is 32.9 Å². The lowest BCUT2D eigenvalue weighted by Crippen LogP contribution is -2.14. The lowest BCUT2D eigenvalue weighted by Gasteiger charge is -2.17. The largest absolute Gasteiger partial charge is 0.481 e. The second-order valence-electron chi connectivity index (χ2n) is 4.86. The van der Waals surface area contributed by atoms with E-state index < -0.39 is 0 Å². The van der Waals surface area contributed by atoms with Gasteiger partial charge in [0.05, 0.1) is 20.3 Å². The maximum Gasteiger partial charge on any atom is 0.303 e. The number of carbonyl (C=O) groups is 1. The number of methoxy groups -OCH3 is 2. The van der Waals surface area contributed by atoms with Crippen molar-refractivity contribution in [3.05, 3.63) is 6.07 Å².